The SMILES string of the molecule is COC(=O)CN1C(=O)N/C(=C/c2ccc(OCc3ccccc3F)c(Br)c2)C1=O. The number of nitrogens with one attached hydrogen (secondary N) is 1. The summed E-state index contributed by atoms with van der Waals surface area (Å²) in [7, 11) is 1.17. The van der Waals surface area contributed by atoms with E-state index >= 15 is 0 Å². The smallest absolute Gasteiger partial charge is 0.329 e. The van der Waals surface area contributed by atoms with Crippen molar-refractivity contribution in [2.24, 2.45) is 0 Å². The Morgan fingerprint density at radius 1 is 1.24 bits per heavy atom. The number of urea groups is 1. The first-order valence-electron chi connectivity index (χ1n) is 8.46. The van der Waals surface area contributed by atoms with Crippen molar-refractivity contribution in [1.82, 2.24) is 10.2 Å². The third-order valence-electron chi connectivity index (χ3n) is 4.09. The van der Waals surface area contributed by atoms with Crippen molar-refractivity contribution in [1.29, 1.82) is 0 Å². The number of rotatable bonds is 6. The van der Waals surface area contributed by atoms with Gasteiger partial charge in [-0.1, -0.05) is 24.3 Å². The second-order valence-electron chi connectivity index (χ2n) is 6.03. The Balaban J connectivity index is 1.71. The van der Waals surface area contributed by atoms with Crippen LogP contribution in [0.1, 0.15) is 11.1 Å². The molecule has 0 bridgehead atoms. The number of amides is 3. The van der Waals surface area contributed by atoms with E-state index in [2.05, 4.69) is 26.0 Å². The van der Waals surface area contributed by atoms with E-state index in [9.17, 15) is 18.8 Å². The molecule has 1 saturated heterocycles. The topological polar surface area (TPSA) is 84.9 Å². The Kier molecular flexibility index (Phi) is 6.28. The van der Waals surface area contributed by atoms with Gasteiger partial charge in [-0.15, -0.1) is 0 Å². The minimum atomic E-state index is -0.700. The number of halogens is 2. The van der Waals surface area contributed by atoms with Crippen LogP contribution < -0.4 is 10.1 Å². The van der Waals surface area contributed by atoms with Gasteiger partial charge in [-0.3, -0.25) is 9.59 Å². The van der Waals surface area contributed by atoms with Crippen LogP contribution in [0, 0.1) is 5.82 Å². The van der Waals surface area contributed by atoms with Crippen molar-refractivity contribution in [2.45, 2.75) is 6.61 Å². The number of imide groups is 1. The highest BCUT2D eigenvalue weighted by Crippen LogP contribution is 2.28. The number of benzene rings is 2. The molecular weight excluding hydrogens is 447 g/mol. The van der Waals surface area contributed by atoms with Crippen LogP contribution in [0.5, 0.6) is 5.75 Å². The molecule has 0 aromatic heterocycles. The van der Waals surface area contributed by atoms with Crippen LogP contribution in [-0.2, 0) is 20.9 Å². The van der Waals surface area contributed by atoms with Gasteiger partial charge in [0.2, 0.25) is 0 Å². The van der Waals surface area contributed by atoms with E-state index in [-0.39, 0.29) is 18.1 Å². The largest absolute Gasteiger partial charge is 0.488 e. The molecule has 29 heavy (non-hydrogen) atoms. The summed E-state index contributed by atoms with van der Waals surface area (Å²) in [6.45, 7) is -0.409. The molecule has 1 fully saturated rings. The predicted molar refractivity (Wildman–Crippen MR) is 105 cm³/mol. The van der Waals surface area contributed by atoms with E-state index < -0.39 is 24.5 Å². The summed E-state index contributed by atoms with van der Waals surface area (Å²) >= 11 is 3.38. The van der Waals surface area contributed by atoms with Crippen molar-refractivity contribution in [2.75, 3.05) is 13.7 Å². The molecule has 9 heteroatoms. The van der Waals surface area contributed by atoms with Gasteiger partial charge < -0.3 is 14.8 Å². The fraction of sp³-hybridized carbons (Fsp3) is 0.150. The first-order chi connectivity index (χ1) is 13.9. The van der Waals surface area contributed by atoms with Gasteiger partial charge in [-0.05, 0) is 45.8 Å². The van der Waals surface area contributed by atoms with E-state index in [1.165, 1.54) is 19.3 Å². The molecule has 2 aromatic rings. The second kappa shape index (κ2) is 8.87. The second-order valence-corrected chi connectivity index (χ2v) is 6.88. The Morgan fingerprint density at radius 3 is 2.69 bits per heavy atom. The lowest BCUT2D eigenvalue weighted by atomic mass is 10.2. The van der Waals surface area contributed by atoms with E-state index in [1.54, 1.807) is 36.4 Å². The quantitative estimate of drug-likeness (QED) is 0.404. The molecule has 3 amide bonds. The molecular formula is C20H16BrFN2O5. The first kappa shape index (κ1) is 20.5. The molecule has 7 nitrogen and oxygen atoms in total. The van der Waals surface area contributed by atoms with Crippen molar-refractivity contribution in [3.8, 4) is 5.75 Å². The highest BCUT2D eigenvalue weighted by atomic mass is 79.9. The van der Waals surface area contributed by atoms with Gasteiger partial charge in [0.1, 0.15) is 30.4 Å². The minimum absolute atomic E-state index is 0.0332. The van der Waals surface area contributed by atoms with Crippen molar-refractivity contribution < 1.29 is 28.2 Å². The molecule has 1 heterocycles. The van der Waals surface area contributed by atoms with Crippen LogP contribution >= 0.6 is 15.9 Å². The lowest BCUT2D eigenvalue weighted by molar-refractivity contribution is -0.143. The first-order valence-corrected chi connectivity index (χ1v) is 9.25. The molecule has 0 aliphatic carbocycles. The summed E-state index contributed by atoms with van der Waals surface area (Å²) in [5, 5.41) is 2.42. The Hall–Kier alpha value is -3.20. The Morgan fingerprint density at radius 2 is 2.00 bits per heavy atom. The fourth-order valence-electron chi connectivity index (χ4n) is 2.57. The number of nitrogens with zero attached hydrogens (tertiary/aromatic N) is 1. The normalized spacial score (nSPS) is 14.9. The molecule has 0 saturated carbocycles. The standard InChI is InChI=1S/C20H16BrFN2O5/c1-28-18(25)10-24-19(26)16(23-20(24)27)9-12-6-7-17(14(21)8-12)29-11-13-4-2-3-5-15(13)22/h2-9H,10-11H2,1H3,(H,23,27)/b16-9+. The van der Waals surface area contributed by atoms with Crippen LogP contribution in [0.15, 0.2) is 52.6 Å². The molecule has 0 unspecified atom stereocenters. The average Bonchev–Trinajstić information content (AvgIpc) is 2.95. The monoisotopic (exact) mass is 462 g/mol. The van der Waals surface area contributed by atoms with E-state index in [0.29, 0.717) is 21.3 Å². The molecule has 3 rings (SSSR count). The Labute approximate surface area is 174 Å². The number of methoxy groups -OCH3 is 1. The zero-order valence-electron chi connectivity index (χ0n) is 15.3. The number of ether oxygens (including phenoxy) is 2. The van der Waals surface area contributed by atoms with Gasteiger partial charge in [0.05, 0.1) is 11.6 Å². The summed E-state index contributed by atoms with van der Waals surface area (Å²) in [6, 6.07) is 10.6. The molecule has 1 aliphatic rings. The van der Waals surface area contributed by atoms with Crippen molar-refractivity contribution >= 4 is 39.9 Å². The highest BCUT2D eigenvalue weighted by Gasteiger charge is 2.35. The number of esters is 1. The molecule has 1 aliphatic heterocycles. The van der Waals surface area contributed by atoms with Crippen molar-refractivity contribution in [3.05, 3.63) is 69.6 Å². The molecule has 0 atom stereocenters. The zero-order valence-corrected chi connectivity index (χ0v) is 16.9. The summed E-state index contributed by atoms with van der Waals surface area (Å²) in [5.74, 6) is -1.19. The maximum atomic E-state index is 13.7. The van der Waals surface area contributed by atoms with Crippen molar-refractivity contribution in [3.63, 3.8) is 0 Å². The summed E-state index contributed by atoms with van der Waals surface area (Å²) in [6.07, 6.45) is 1.48. The lowest BCUT2D eigenvalue weighted by Crippen LogP contribution is -2.36. The van der Waals surface area contributed by atoms with E-state index in [1.807, 2.05) is 0 Å². The minimum Gasteiger partial charge on any atom is -0.488 e. The number of hydrogen-bond donors (Lipinski definition) is 1. The summed E-state index contributed by atoms with van der Waals surface area (Å²) in [5.41, 5.74) is 1.07. The van der Waals surface area contributed by atoms with Gasteiger partial charge in [0, 0.05) is 5.56 Å². The van der Waals surface area contributed by atoms with Crippen LogP contribution in [0.4, 0.5) is 9.18 Å². The summed E-state index contributed by atoms with van der Waals surface area (Å²) in [4.78, 5) is 36.3. The van der Waals surface area contributed by atoms with Gasteiger partial charge in [0.25, 0.3) is 5.91 Å². The maximum absolute atomic E-state index is 13.7. The van der Waals surface area contributed by atoms with Gasteiger partial charge in [0.15, 0.2) is 0 Å². The van der Waals surface area contributed by atoms with E-state index in [4.69, 9.17) is 4.74 Å². The van der Waals surface area contributed by atoms with Gasteiger partial charge >= 0.3 is 12.0 Å². The third-order valence-corrected chi connectivity index (χ3v) is 4.70. The van der Waals surface area contributed by atoms with Crippen LogP contribution in [0.25, 0.3) is 6.08 Å². The Bertz CT molecular complexity index is 1010. The summed E-state index contributed by atoms with van der Waals surface area (Å²) < 4.78 is 24.4. The van der Waals surface area contributed by atoms with Gasteiger partial charge in [-0.25, -0.2) is 14.1 Å². The predicted octanol–water partition coefficient (Wildman–Crippen LogP) is 3.23. The number of carbonyl (C=O) groups excluding carboxylic acids is 3. The third kappa shape index (κ3) is 4.80. The van der Waals surface area contributed by atoms with Crippen LogP contribution in [0.3, 0.4) is 0 Å². The fourth-order valence-corrected chi connectivity index (χ4v) is 3.08. The zero-order chi connectivity index (χ0) is 21.0. The molecule has 1 N–H and O–H groups in total. The number of carbonyl (C=O) groups is 3. The molecule has 0 spiro atoms. The highest BCUT2D eigenvalue weighted by molar-refractivity contribution is 9.10. The van der Waals surface area contributed by atoms with Crippen LogP contribution in [0.2, 0.25) is 0 Å². The molecule has 2 aromatic carbocycles. The average molecular weight is 463 g/mol. The lowest BCUT2D eigenvalue weighted by Gasteiger charge is -2.10. The number of hydrogen-bond acceptors (Lipinski definition) is 5. The van der Waals surface area contributed by atoms with E-state index in [0.717, 1.165) is 4.90 Å². The maximum Gasteiger partial charge on any atom is 0.329 e. The molecule has 0 radical (unpaired) electrons. The van der Waals surface area contributed by atoms with Crippen LogP contribution in [-0.4, -0.2) is 36.5 Å². The molecule has 150 valence electrons. The van der Waals surface area contributed by atoms with Gasteiger partial charge in [-0.2, -0.15) is 0 Å².